The van der Waals surface area contributed by atoms with Crippen LogP contribution in [0.1, 0.15) is 42.7 Å². The molecule has 0 radical (unpaired) electrons. The lowest BCUT2D eigenvalue weighted by Crippen LogP contribution is -2.17. The Morgan fingerprint density at radius 1 is 1.53 bits per heavy atom. The fourth-order valence-electron chi connectivity index (χ4n) is 1.60. The second kappa shape index (κ2) is 6.71. The zero-order valence-corrected chi connectivity index (χ0v) is 11.4. The van der Waals surface area contributed by atoms with Crippen molar-refractivity contribution in [3.63, 3.8) is 0 Å². The standard InChI is InChI=1S/C12H20N2O2S/c1-8(2)6-9(3)16-12(15)10-7-17-11(14-10)4-5-13/h7-9H,4-6,13H2,1-3H3. The van der Waals surface area contributed by atoms with Crippen molar-refractivity contribution in [2.45, 2.75) is 39.7 Å². The SMILES string of the molecule is CC(C)CC(C)OC(=O)c1csc(CCN)n1. The number of carbonyl (C=O) groups is 1. The maximum absolute atomic E-state index is 11.7. The minimum Gasteiger partial charge on any atom is -0.458 e. The normalized spacial score (nSPS) is 12.8. The van der Waals surface area contributed by atoms with Gasteiger partial charge in [-0.3, -0.25) is 0 Å². The Labute approximate surface area is 106 Å². The molecule has 0 aromatic carbocycles. The van der Waals surface area contributed by atoms with Crippen LogP contribution >= 0.6 is 11.3 Å². The van der Waals surface area contributed by atoms with Crippen LogP contribution < -0.4 is 5.73 Å². The monoisotopic (exact) mass is 256 g/mol. The van der Waals surface area contributed by atoms with Gasteiger partial charge in [0.1, 0.15) is 0 Å². The predicted octanol–water partition coefficient (Wildman–Crippen LogP) is 2.24. The number of ether oxygens (including phenoxy) is 1. The average Bonchev–Trinajstić information content (AvgIpc) is 2.65. The van der Waals surface area contributed by atoms with Crippen LogP contribution in [0.3, 0.4) is 0 Å². The Kier molecular flexibility index (Phi) is 5.58. The highest BCUT2D eigenvalue weighted by Crippen LogP contribution is 2.14. The quantitative estimate of drug-likeness (QED) is 0.793. The zero-order chi connectivity index (χ0) is 12.8. The number of hydrogen-bond donors (Lipinski definition) is 1. The van der Waals surface area contributed by atoms with Crippen LogP contribution in [0.25, 0.3) is 0 Å². The van der Waals surface area contributed by atoms with Crippen molar-refractivity contribution in [2.75, 3.05) is 6.54 Å². The van der Waals surface area contributed by atoms with Crippen molar-refractivity contribution in [1.29, 1.82) is 0 Å². The van der Waals surface area contributed by atoms with Crippen molar-refractivity contribution in [2.24, 2.45) is 11.7 Å². The number of esters is 1. The molecule has 0 amide bonds. The van der Waals surface area contributed by atoms with Crippen LogP contribution in [0.5, 0.6) is 0 Å². The fourth-order valence-corrected chi connectivity index (χ4v) is 2.38. The van der Waals surface area contributed by atoms with E-state index < -0.39 is 0 Å². The van der Waals surface area contributed by atoms with E-state index >= 15 is 0 Å². The summed E-state index contributed by atoms with van der Waals surface area (Å²) in [5, 5.41) is 2.62. The molecule has 1 unspecified atom stereocenters. The Morgan fingerprint density at radius 3 is 2.82 bits per heavy atom. The smallest absolute Gasteiger partial charge is 0.358 e. The molecule has 0 spiro atoms. The third kappa shape index (κ3) is 4.83. The first-order chi connectivity index (χ1) is 8.02. The third-order valence-corrected chi connectivity index (χ3v) is 3.14. The van der Waals surface area contributed by atoms with Gasteiger partial charge in [0.05, 0.1) is 11.1 Å². The van der Waals surface area contributed by atoms with Crippen LogP contribution in [0, 0.1) is 5.92 Å². The highest BCUT2D eigenvalue weighted by molar-refractivity contribution is 7.09. The van der Waals surface area contributed by atoms with E-state index in [1.165, 1.54) is 11.3 Å². The van der Waals surface area contributed by atoms with Crippen molar-refractivity contribution in [1.82, 2.24) is 4.98 Å². The largest absolute Gasteiger partial charge is 0.458 e. The number of nitrogens with zero attached hydrogens (tertiary/aromatic N) is 1. The van der Waals surface area contributed by atoms with Gasteiger partial charge in [0.25, 0.3) is 0 Å². The molecule has 1 atom stereocenters. The van der Waals surface area contributed by atoms with Gasteiger partial charge in [-0.15, -0.1) is 11.3 Å². The molecule has 1 aromatic heterocycles. The van der Waals surface area contributed by atoms with Crippen molar-refractivity contribution >= 4 is 17.3 Å². The van der Waals surface area contributed by atoms with E-state index in [1.807, 2.05) is 6.92 Å². The van der Waals surface area contributed by atoms with Gasteiger partial charge >= 0.3 is 5.97 Å². The molecule has 5 heteroatoms. The third-order valence-electron chi connectivity index (χ3n) is 2.23. The Hall–Kier alpha value is -0.940. The predicted molar refractivity (Wildman–Crippen MR) is 69.2 cm³/mol. The first-order valence-corrected chi connectivity index (χ1v) is 6.76. The molecule has 0 saturated heterocycles. The van der Waals surface area contributed by atoms with Gasteiger partial charge in [-0.2, -0.15) is 0 Å². The van der Waals surface area contributed by atoms with E-state index in [4.69, 9.17) is 10.5 Å². The number of aromatic nitrogens is 1. The van der Waals surface area contributed by atoms with Crippen molar-refractivity contribution in [3.05, 3.63) is 16.1 Å². The van der Waals surface area contributed by atoms with E-state index in [2.05, 4.69) is 18.8 Å². The van der Waals surface area contributed by atoms with Gasteiger partial charge in [0.15, 0.2) is 5.69 Å². The summed E-state index contributed by atoms with van der Waals surface area (Å²) in [6, 6.07) is 0. The van der Waals surface area contributed by atoms with Crippen LogP contribution in [0.2, 0.25) is 0 Å². The molecule has 0 aliphatic heterocycles. The van der Waals surface area contributed by atoms with Gasteiger partial charge < -0.3 is 10.5 Å². The topological polar surface area (TPSA) is 65.2 Å². The minimum absolute atomic E-state index is 0.0674. The summed E-state index contributed by atoms with van der Waals surface area (Å²) in [7, 11) is 0. The fraction of sp³-hybridized carbons (Fsp3) is 0.667. The molecule has 1 aromatic rings. The van der Waals surface area contributed by atoms with Gasteiger partial charge in [-0.25, -0.2) is 9.78 Å². The summed E-state index contributed by atoms with van der Waals surface area (Å²) < 4.78 is 5.31. The molecule has 1 rings (SSSR count). The number of thiazole rings is 1. The lowest BCUT2D eigenvalue weighted by molar-refractivity contribution is 0.0293. The van der Waals surface area contributed by atoms with Crippen LogP contribution in [0.15, 0.2) is 5.38 Å². The Bertz CT molecular complexity index is 363. The maximum Gasteiger partial charge on any atom is 0.358 e. The van der Waals surface area contributed by atoms with E-state index in [0.717, 1.165) is 11.4 Å². The molecule has 0 saturated carbocycles. The van der Waals surface area contributed by atoms with Crippen molar-refractivity contribution in [3.8, 4) is 0 Å². The molecular weight excluding hydrogens is 236 g/mol. The van der Waals surface area contributed by atoms with E-state index in [0.29, 0.717) is 24.6 Å². The molecule has 2 N–H and O–H groups in total. The molecule has 17 heavy (non-hydrogen) atoms. The maximum atomic E-state index is 11.7. The second-order valence-electron chi connectivity index (χ2n) is 4.51. The molecule has 0 aliphatic carbocycles. The summed E-state index contributed by atoms with van der Waals surface area (Å²) >= 11 is 1.45. The summed E-state index contributed by atoms with van der Waals surface area (Å²) in [6.07, 6.45) is 1.51. The van der Waals surface area contributed by atoms with E-state index in [-0.39, 0.29) is 12.1 Å². The number of hydrogen-bond acceptors (Lipinski definition) is 5. The lowest BCUT2D eigenvalue weighted by atomic mass is 10.1. The number of rotatable bonds is 6. The zero-order valence-electron chi connectivity index (χ0n) is 10.6. The first-order valence-electron chi connectivity index (χ1n) is 5.88. The molecule has 0 bridgehead atoms. The van der Waals surface area contributed by atoms with Crippen LogP contribution in [-0.2, 0) is 11.2 Å². The minimum atomic E-state index is -0.335. The second-order valence-corrected chi connectivity index (χ2v) is 5.45. The molecule has 96 valence electrons. The highest BCUT2D eigenvalue weighted by atomic mass is 32.1. The van der Waals surface area contributed by atoms with Gasteiger partial charge in [-0.1, -0.05) is 13.8 Å². The highest BCUT2D eigenvalue weighted by Gasteiger charge is 2.16. The Morgan fingerprint density at radius 2 is 2.24 bits per heavy atom. The molecular formula is C12H20N2O2S. The van der Waals surface area contributed by atoms with Crippen molar-refractivity contribution < 1.29 is 9.53 Å². The first kappa shape index (κ1) is 14.1. The lowest BCUT2D eigenvalue weighted by Gasteiger charge is -2.14. The van der Waals surface area contributed by atoms with E-state index in [1.54, 1.807) is 5.38 Å². The summed E-state index contributed by atoms with van der Waals surface area (Å²) in [5.41, 5.74) is 5.83. The summed E-state index contributed by atoms with van der Waals surface area (Å²) in [4.78, 5) is 15.9. The van der Waals surface area contributed by atoms with E-state index in [9.17, 15) is 4.79 Å². The molecule has 0 fully saturated rings. The van der Waals surface area contributed by atoms with Crippen LogP contribution in [0.4, 0.5) is 0 Å². The molecule has 1 heterocycles. The molecule has 4 nitrogen and oxygen atoms in total. The van der Waals surface area contributed by atoms with Gasteiger partial charge in [0, 0.05) is 11.8 Å². The number of carbonyl (C=O) groups excluding carboxylic acids is 1. The average molecular weight is 256 g/mol. The summed E-state index contributed by atoms with van der Waals surface area (Å²) in [6.45, 7) is 6.66. The van der Waals surface area contributed by atoms with Crippen LogP contribution in [-0.4, -0.2) is 23.6 Å². The summed E-state index contributed by atoms with van der Waals surface area (Å²) in [5.74, 6) is 0.179. The number of nitrogens with two attached hydrogens (primary N) is 1. The van der Waals surface area contributed by atoms with Gasteiger partial charge in [-0.05, 0) is 25.8 Å². The Balaban J connectivity index is 2.51. The molecule has 0 aliphatic rings. The van der Waals surface area contributed by atoms with Gasteiger partial charge in [0.2, 0.25) is 0 Å².